The number of amides is 1. The molecule has 5 heteroatoms. The van der Waals surface area contributed by atoms with Gasteiger partial charge in [-0.1, -0.05) is 20.3 Å². The molecule has 1 amide bonds. The summed E-state index contributed by atoms with van der Waals surface area (Å²) in [5, 5.41) is 11.6. The summed E-state index contributed by atoms with van der Waals surface area (Å²) in [5.74, 6) is -0.977. The molecule has 0 aliphatic heterocycles. The first-order chi connectivity index (χ1) is 10.1. The fraction of sp³-hybridized carbons (Fsp3) is 0.500. The van der Waals surface area contributed by atoms with Gasteiger partial charge in [-0.25, -0.2) is 0 Å². The first-order valence-corrected chi connectivity index (χ1v) is 7.32. The minimum atomic E-state index is -0.891. The second-order valence-corrected chi connectivity index (χ2v) is 4.88. The topological polar surface area (TPSA) is 75.6 Å². The lowest BCUT2D eigenvalue weighted by molar-refractivity contribution is -0.141. The van der Waals surface area contributed by atoms with E-state index in [1.54, 1.807) is 31.2 Å². The second-order valence-electron chi connectivity index (χ2n) is 4.88. The summed E-state index contributed by atoms with van der Waals surface area (Å²) in [6.07, 6.45) is 2.55. The molecule has 0 spiro atoms. The Morgan fingerprint density at radius 2 is 1.90 bits per heavy atom. The summed E-state index contributed by atoms with van der Waals surface area (Å²) in [7, 11) is 0. The van der Waals surface area contributed by atoms with E-state index in [4.69, 9.17) is 9.84 Å². The monoisotopic (exact) mass is 293 g/mol. The predicted octanol–water partition coefficient (Wildman–Crippen LogP) is 2.71. The number of carbonyl (C=O) groups is 2. The van der Waals surface area contributed by atoms with Gasteiger partial charge in [0.15, 0.2) is 0 Å². The number of ether oxygens (including phenoxy) is 1. The quantitative estimate of drug-likeness (QED) is 0.686. The minimum absolute atomic E-state index is 0.138. The van der Waals surface area contributed by atoms with E-state index in [0.29, 0.717) is 18.6 Å². The van der Waals surface area contributed by atoms with Crippen molar-refractivity contribution in [3.8, 4) is 5.75 Å². The minimum Gasteiger partial charge on any atom is -0.494 e. The Balaban J connectivity index is 2.49. The van der Waals surface area contributed by atoms with Crippen LogP contribution in [-0.4, -0.2) is 30.1 Å². The average molecular weight is 293 g/mol. The fourth-order valence-electron chi connectivity index (χ4n) is 1.76. The summed E-state index contributed by atoms with van der Waals surface area (Å²) < 4.78 is 5.52. The molecule has 0 saturated carbocycles. The van der Waals surface area contributed by atoms with Crippen molar-refractivity contribution in [1.82, 2.24) is 5.32 Å². The molecule has 1 aromatic rings. The van der Waals surface area contributed by atoms with Crippen molar-refractivity contribution in [1.29, 1.82) is 0 Å². The van der Waals surface area contributed by atoms with Crippen molar-refractivity contribution in [2.75, 3.05) is 13.2 Å². The number of carbonyl (C=O) groups excluding carboxylic acids is 1. The molecular formula is C16H23NO4. The molecular weight excluding hydrogens is 270 g/mol. The van der Waals surface area contributed by atoms with Crippen molar-refractivity contribution in [2.45, 2.75) is 33.1 Å². The van der Waals surface area contributed by atoms with E-state index in [-0.39, 0.29) is 12.5 Å². The van der Waals surface area contributed by atoms with E-state index in [9.17, 15) is 9.59 Å². The number of hydrogen-bond donors (Lipinski definition) is 2. The molecule has 5 nitrogen and oxygen atoms in total. The first kappa shape index (κ1) is 17.0. The van der Waals surface area contributed by atoms with Gasteiger partial charge in [-0.2, -0.15) is 0 Å². The third kappa shape index (κ3) is 5.85. The van der Waals surface area contributed by atoms with Crippen molar-refractivity contribution < 1.29 is 19.4 Å². The molecule has 0 aliphatic rings. The van der Waals surface area contributed by atoms with Gasteiger partial charge in [-0.05, 0) is 37.1 Å². The molecule has 1 atom stereocenters. The smallest absolute Gasteiger partial charge is 0.308 e. The van der Waals surface area contributed by atoms with Crippen molar-refractivity contribution in [2.24, 2.45) is 5.92 Å². The highest BCUT2D eigenvalue weighted by atomic mass is 16.5. The zero-order valence-corrected chi connectivity index (χ0v) is 12.6. The van der Waals surface area contributed by atoms with Gasteiger partial charge >= 0.3 is 5.97 Å². The maximum Gasteiger partial charge on any atom is 0.308 e. The zero-order valence-electron chi connectivity index (χ0n) is 12.6. The Kier molecular flexibility index (Phi) is 7.29. The van der Waals surface area contributed by atoms with Crippen molar-refractivity contribution in [3.05, 3.63) is 29.8 Å². The molecule has 0 radical (unpaired) electrons. The number of carboxylic acid groups (broad SMARTS) is 1. The summed E-state index contributed by atoms with van der Waals surface area (Å²) in [6.45, 7) is 4.68. The number of aliphatic carboxylic acids is 1. The largest absolute Gasteiger partial charge is 0.494 e. The summed E-state index contributed by atoms with van der Waals surface area (Å²) in [5.41, 5.74) is 0.498. The number of rotatable bonds is 9. The molecule has 0 saturated heterocycles. The van der Waals surface area contributed by atoms with E-state index >= 15 is 0 Å². The molecule has 0 aromatic heterocycles. The van der Waals surface area contributed by atoms with Gasteiger partial charge in [0.1, 0.15) is 5.75 Å². The Hall–Kier alpha value is -2.04. The molecule has 0 fully saturated rings. The molecule has 116 valence electrons. The van der Waals surface area contributed by atoms with E-state index in [0.717, 1.165) is 18.6 Å². The summed E-state index contributed by atoms with van der Waals surface area (Å²) in [6, 6.07) is 6.86. The van der Waals surface area contributed by atoms with Crippen LogP contribution in [0.15, 0.2) is 24.3 Å². The van der Waals surface area contributed by atoms with Gasteiger partial charge in [0.2, 0.25) is 0 Å². The molecule has 2 N–H and O–H groups in total. The van der Waals surface area contributed by atoms with E-state index in [1.807, 2.05) is 0 Å². The number of benzene rings is 1. The van der Waals surface area contributed by atoms with Gasteiger partial charge in [-0.3, -0.25) is 9.59 Å². The molecule has 0 aliphatic carbocycles. The standard InChI is InChI=1S/C16H23NO4/c1-3-5-10-21-14-8-6-13(7-9-14)15(18)17-11-12(4-2)16(19)20/h6-9,12H,3-5,10-11H2,1-2H3,(H,17,18)(H,19,20). The van der Waals surface area contributed by atoms with E-state index in [1.165, 1.54) is 0 Å². The lowest BCUT2D eigenvalue weighted by Gasteiger charge is -2.11. The zero-order chi connectivity index (χ0) is 15.7. The molecule has 1 unspecified atom stereocenters. The maximum atomic E-state index is 11.9. The highest BCUT2D eigenvalue weighted by Crippen LogP contribution is 2.13. The predicted molar refractivity (Wildman–Crippen MR) is 80.6 cm³/mol. The SMILES string of the molecule is CCCCOc1ccc(C(=O)NCC(CC)C(=O)O)cc1. The first-order valence-electron chi connectivity index (χ1n) is 7.32. The Bertz CT molecular complexity index is 456. The normalized spacial score (nSPS) is 11.7. The number of nitrogens with one attached hydrogen (secondary N) is 1. The maximum absolute atomic E-state index is 11.9. The molecule has 0 bridgehead atoms. The fourth-order valence-corrected chi connectivity index (χ4v) is 1.76. The van der Waals surface area contributed by atoms with Crippen LogP contribution < -0.4 is 10.1 Å². The third-order valence-corrected chi connectivity index (χ3v) is 3.23. The van der Waals surface area contributed by atoms with Crippen LogP contribution >= 0.6 is 0 Å². The average Bonchev–Trinajstić information content (AvgIpc) is 2.48. The van der Waals surface area contributed by atoms with Crippen molar-refractivity contribution >= 4 is 11.9 Å². The third-order valence-electron chi connectivity index (χ3n) is 3.23. The van der Waals surface area contributed by atoms with Crippen LogP contribution in [-0.2, 0) is 4.79 Å². The number of hydrogen-bond acceptors (Lipinski definition) is 3. The van der Waals surface area contributed by atoms with Crippen LogP contribution in [0.1, 0.15) is 43.5 Å². The highest BCUT2D eigenvalue weighted by molar-refractivity contribution is 5.94. The van der Waals surface area contributed by atoms with Crippen LogP contribution in [0, 0.1) is 5.92 Å². The second kappa shape index (κ2) is 9.00. The highest BCUT2D eigenvalue weighted by Gasteiger charge is 2.16. The van der Waals surface area contributed by atoms with Crippen LogP contribution in [0.5, 0.6) is 5.75 Å². The van der Waals surface area contributed by atoms with Gasteiger partial charge in [0.05, 0.1) is 12.5 Å². The number of unbranched alkanes of at least 4 members (excludes halogenated alkanes) is 1. The van der Waals surface area contributed by atoms with Gasteiger partial charge in [0, 0.05) is 12.1 Å². The van der Waals surface area contributed by atoms with Crippen LogP contribution in [0.2, 0.25) is 0 Å². The van der Waals surface area contributed by atoms with Gasteiger partial charge in [-0.15, -0.1) is 0 Å². The Morgan fingerprint density at radius 1 is 1.24 bits per heavy atom. The van der Waals surface area contributed by atoms with Crippen LogP contribution in [0.25, 0.3) is 0 Å². The molecule has 1 aromatic carbocycles. The summed E-state index contributed by atoms with van der Waals surface area (Å²) >= 11 is 0. The van der Waals surface area contributed by atoms with E-state index in [2.05, 4.69) is 12.2 Å². The van der Waals surface area contributed by atoms with Crippen LogP contribution in [0.3, 0.4) is 0 Å². The Labute approximate surface area is 125 Å². The lowest BCUT2D eigenvalue weighted by Crippen LogP contribution is -2.32. The lowest BCUT2D eigenvalue weighted by atomic mass is 10.1. The molecule has 0 heterocycles. The van der Waals surface area contributed by atoms with Crippen LogP contribution in [0.4, 0.5) is 0 Å². The van der Waals surface area contributed by atoms with E-state index < -0.39 is 11.9 Å². The summed E-state index contributed by atoms with van der Waals surface area (Å²) in [4.78, 5) is 22.8. The number of carboxylic acids is 1. The molecule has 1 rings (SSSR count). The van der Waals surface area contributed by atoms with Gasteiger partial charge < -0.3 is 15.2 Å². The van der Waals surface area contributed by atoms with Gasteiger partial charge in [0.25, 0.3) is 5.91 Å². The Morgan fingerprint density at radius 3 is 2.43 bits per heavy atom. The van der Waals surface area contributed by atoms with Crippen molar-refractivity contribution in [3.63, 3.8) is 0 Å². The molecule has 21 heavy (non-hydrogen) atoms.